The van der Waals surface area contributed by atoms with E-state index in [1.807, 2.05) is 6.92 Å². The second kappa shape index (κ2) is 9.60. The fourth-order valence-corrected chi connectivity index (χ4v) is 3.49. The van der Waals surface area contributed by atoms with Crippen molar-refractivity contribution in [3.05, 3.63) is 12.7 Å². The summed E-state index contributed by atoms with van der Waals surface area (Å²) in [6, 6.07) is 0. The lowest BCUT2D eigenvalue weighted by molar-refractivity contribution is -0.139. The fourth-order valence-electron chi connectivity index (χ4n) is 1.52. The van der Waals surface area contributed by atoms with E-state index in [1.54, 1.807) is 0 Å². The number of hydrogen-bond acceptors (Lipinski definition) is 3. The van der Waals surface area contributed by atoms with Crippen molar-refractivity contribution in [1.29, 1.82) is 0 Å². The maximum Gasteiger partial charge on any atom is 0.330 e. The summed E-state index contributed by atoms with van der Waals surface area (Å²) in [6.45, 7) is 11.2. The molecule has 0 aromatic heterocycles. The second-order valence-corrected chi connectivity index (χ2v) is 6.38. The van der Waals surface area contributed by atoms with Crippen molar-refractivity contribution in [1.82, 2.24) is 0 Å². The molecule has 0 aromatic carbocycles. The normalized spacial score (nSPS) is 14.9. The Morgan fingerprint density at radius 2 is 2.06 bits per heavy atom. The molecule has 3 nitrogen and oxygen atoms in total. The van der Waals surface area contributed by atoms with Crippen molar-refractivity contribution in [3.63, 3.8) is 0 Å². The minimum atomic E-state index is -0.449. The van der Waals surface area contributed by atoms with Gasteiger partial charge in [-0.1, -0.05) is 26.8 Å². The molecule has 0 aromatic rings. The Bertz CT molecular complexity index is 206. The lowest BCUT2D eigenvalue weighted by Crippen LogP contribution is -2.28. The Labute approximate surface area is 101 Å². The van der Waals surface area contributed by atoms with Crippen LogP contribution in [0.1, 0.15) is 33.6 Å². The Balaban J connectivity index is 4.05. The van der Waals surface area contributed by atoms with Gasteiger partial charge in [0.15, 0.2) is 0 Å². The monoisotopic (exact) mass is 244 g/mol. The summed E-state index contributed by atoms with van der Waals surface area (Å²) >= 11 is 0. The van der Waals surface area contributed by atoms with E-state index in [0.29, 0.717) is 5.54 Å². The molecule has 0 aliphatic rings. The summed E-state index contributed by atoms with van der Waals surface area (Å²) in [6.07, 6.45) is 3.24. The third-order valence-electron chi connectivity index (χ3n) is 2.64. The first-order chi connectivity index (χ1) is 7.67. The third-order valence-corrected chi connectivity index (χ3v) is 5.39. The molecule has 0 rings (SSSR count). The molecule has 0 saturated carbocycles. The third kappa shape index (κ3) is 6.79. The molecule has 16 heavy (non-hydrogen) atoms. The lowest BCUT2D eigenvalue weighted by Gasteiger charge is -2.20. The van der Waals surface area contributed by atoms with Gasteiger partial charge in [0.25, 0.3) is 0 Å². The summed E-state index contributed by atoms with van der Waals surface area (Å²) < 4.78 is 10.7. The molecule has 0 amide bonds. The van der Waals surface area contributed by atoms with E-state index >= 15 is 0 Å². The van der Waals surface area contributed by atoms with Crippen LogP contribution in [0.15, 0.2) is 12.7 Å². The van der Waals surface area contributed by atoms with Crippen LogP contribution < -0.4 is 0 Å². The molecule has 4 heteroatoms. The average molecular weight is 244 g/mol. The Morgan fingerprint density at radius 1 is 1.38 bits per heavy atom. The second-order valence-electron chi connectivity index (χ2n) is 3.84. The van der Waals surface area contributed by atoms with Crippen molar-refractivity contribution >= 4 is 15.5 Å². The first-order valence-corrected chi connectivity index (χ1v) is 7.71. The predicted octanol–water partition coefficient (Wildman–Crippen LogP) is 1.86. The summed E-state index contributed by atoms with van der Waals surface area (Å²) in [5.41, 5.74) is 0.721. The smallest absolute Gasteiger partial charge is 0.330 e. The largest absolute Gasteiger partial charge is 0.464 e. The molecule has 2 unspecified atom stereocenters. The minimum Gasteiger partial charge on any atom is -0.464 e. The maximum absolute atomic E-state index is 11.1. The first-order valence-electron chi connectivity index (χ1n) is 6.08. The zero-order chi connectivity index (χ0) is 12.4. The van der Waals surface area contributed by atoms with Crippen LogP contribution in [0, 0.1) is 0 Å². The standard InChI is InChI=1S/C12H24O3Si/c1-5-10(9-14-8-4)16-12(7-3)15-11(13)6-2/h6,10,12H,2,5,7-9,16H2,1,3-4H3. The number of ether oxygens (including phenoxy) is 2. The van der Waals surface area contributed by atoms with Gasteiger partial charge >= 0.3 is 5.97 Å². The quantitative estimate of drug-likeness (QED) is 0.353. The zero-order valence-electron chi connectivity index (χ0n) is 10.7. The average Bonchev–Trinajstić information content (AvgIpc) is 2.32. The minimum absolute atomic E-state index is 0.121. The molecule has 0 fully saturated rings. The van der Waals surface area contributed by atoms with Gasteiger partial charge in [-0.05, 0) is 18.9 Å². The highest BCUT2D eigenvalue weighted by Gasteiger charge is 2.17. The molecule has 0 heterocycles. The van der Waals surface area contributed by atoms with E-state index in [4.69, 9.17) is 9.47 Å². The van der Waals surface area contributed by atoms with Gasteiger partial charge in [-0.2, -0.15) is 0 Å². The van der Waals surface area contributed by atoms with Crippen LogP contribution >= 0.6 is 0 Å². The molecule has 0 spiro atoms. The van der Waals surface area contributed by atoms with Crippen molar-refractivity contribution < 1.29 is 14.3 Å². The zero-order valence-corrected chi connectivity index (χ0v) is 12.1. The van der Waals surface area contributed by atoms with Crippen LogP contribution in [0.2, 0.25) is 5.54 Å². The van der Waals surface area contributed by atoms with Gasteiger partial charge in [0.1, 0.15) is 0 Å². The van der Waals surface area contributed by atoms with E-state index in [0.717, 1.165) is 26.1 Å². The lowest BCUT2D eigenvalue weighted by atomic mass is 10.3. The van der Waals surface area contributed by atoms with Crippen molar-refractivity contribution in [2.45, 2.75) is 44.9 Å². The molecular weight excluding hydrogens is 220 g/mol. The summed E-state index contributed by atoms with van der Waals surface area (Å²) in [7, 11) is -0.449. The number of hydrogen-bond donors (Lipinski definition) is 0. The maximum atomic E-state index is 11.1. The number of rotatable bonds is 9. The number of carbonyl (C=O) groups excluding carboxylic acids is 1. The highest BCUT2D eigenvalue weighted by Crippen LogP contribution is 2.13. The van der Waals surface area contributed by atoms with Gasteiger partial charge in [-0.15, -0.1) is 0 Å². The topological polar surface area (TPSA) is 35.5 Å². The molecule has 0 aliphatic heterocycles. The summed E-state index contributed by atoms with van der Waals surface area (Å²) in [4.78, 5) is 11.1. The van der Waals surface area contributed by atoms with Gasteiger partial charge in [0.05, 0.1) is 15.2 Å². The predicted molar refractivity (Wildman–Crippen MR) is 69.4 cm³/mol. The van der Waals surface area contributed by atoms with Gasteiger partial charge < -0.3 is 9.47 Å². The molecule has 0 radical (unpaired) electrons. The van der Waals surface area contributed by atoms with Crippen LogP contribution in [0.4, 0.5) is 0 Å². The van der Waals surface area contributed by atoms with Crippen LogP contribution in [0.3, 0.4) is 0 Å². The molecule has 0 aliphatic carbocycles. The molecule has 0 N–H and O–H groups in total. The highest BCUT2D eigenvalue weighted by molar-refractivity contribution is 6.39. The SMILES string of the molecule is C=CC(=O)OC(CC)[SiH2]C(CC)COCC. The molecule has 94 valence electrons. The van der Waals surface area contributed by atoms with Crippen LogP contribution in [0.5, 0.6) is 0 Å². The van der Waals surface area contributed by atoms with Gasteiger partial charge in [-0.25, -0.2) is 4.79 Å². The Kier molecular flexibility index (Phi) is 9.23. The molecule has 0 saturated heterocycles. The van der Waals surface area contributed by atoms with E-state index in [9.17, 15) is 4.79 Å². The van der Waals surface area contributed by atoms with Crippen LogP contribution in [-0.4, -0.2) is 34.4 Å². The Hall–Kier alpha value is -0.613. The fraction of sp³-hybridized carbons (Fsp3) is 0.750. The van der Waals surface area contributed by atoms with Crippen molar-refractivity contribution in [3.8, 4) is 0 Å². The van der Waals surface area contributed by atoms with Gasteiger partial charge in [-0.3, -0.25) is 0 Å². The van der Waals surface area contributed by atoms with Crippen molar-refractivity contribution in [2.24, 2.45) is 0 Å². The van der Waals surface area contributed by atoms with E-state index in [2.05, 4.69) is 20.4 Å². The van der Waals surface area contributed by atoms with Gasteiger partial charge in [0.2, 0.25) is 0 Å². The molecular formula is C12H24O3Si. The Morgan fingerprint density at radius 3 is 2.50 bits per heavy atom. The molecule has 0 bridgehead atoms. The highest BCUT2D eigenvalue weighted by atomic mass is 28.2. The summed E-state index contributed by atoms with van der Waals surface area (Å²) in [5, 5.41) is 0. The van der Waals surface area contributed by atoms with E-state index in [1.165, 1.54) is 6.08 Å². The molecule has 2 atom stereocenters. The first kappa shape index (κ1) is 15.4. The summed E-state index contributed by atoms with van der Waals surface area (Å²) in [5.74, 6) is -0.300. The number of esters is 1. The van der Waals surface area contributed by atoms with Crippen LogP contribution in [0.25, 0.3) is 0 Å². The van der Waals surface area contributed by atoms with Crippen molar-refractivity contribution in [2.75, 3.05) is 13.2 Å². The van der Waals surface area contributed by atoms with Crippen LogP contribution in [-0.2, 0) is 14.3 Å². The number of carbonyl (C=O) groups is 1. The van der Waals surface area contributed by atoms with Gasteiger partial charge in [0, 0.05) is 19.3 Å². The van der Waals surface area contributed by atoms with E-state index in [-0.39, 0.29) is 11.7 Å². The van der Waals surface area contributed by atoms with E-state index < -0.39 is 9.52 Å².